The van der Waals surface area contributed by atoms with E-state index < -0.39 is 0 Å². The van der Waals surface area contributed by atoms with Gasteiger partial charge < -0.3 is 10.6 Å². The Balaban J connectivity index is 1.62. The van der Waals surface area contributed by atoms with Crippen LogP contribution in [0.5, 0.6) is 0 Å². The number of nitrogens with zero attached hydrogens (tertiary/aromatic N) is 1. The number of fused-ring (bicyclic) bond motifs is 1. The van der Waals surface area contributed by atoms with Crippen molar-refractivity contribution in [2.24, 2.45) is 5.92 Å². The van der Waals surface area contributed by atoms with E-state index in [0.717, 1.165) is 42.4 Å². The Morgan fingerprint density at radius 3 is 3.00 bits per heavy atom. The number of hydrogen-bond donors (Lipinski definition) is 2. The van der Waals surface area contributed by atoms with Gasteiger partial charge in [-0.05, 0) is 30.9 Å². The summed E-state index contributed by atoms with van der Waals surface area (Å²) in [6.07, 6.45) is 7.62. The molecule has 5 heteroatoms. The van der Waals surface area contributed by atoms with Gasteiger partial charge in [0.1, 0.15) is 11.1 Å². The number of nitrogens with one attached hydrogen (secondary N) is 2. The Morgan fingerprint density at radius 1 is 1.43 bits per heavy atom. The highest BCUT2D eigenvalue weighted by Crippen LogP contribution is 2.35. The van der Waals surface area contributed by atoms with Crippen LogP contribution in [-0.4, -0.2) is 12.5 Å². The average Bonchev–Trinajstić information content (AvgIpc) is 3.12. The van der Waals surface area contributed by atoms with Crippen LogP contribution in [0.3, 0.4) is 0 Å². The van der Waals surface area contributed by atoms with E-state index in [1.807, 2.05) is 0 Å². The molecule has 0 radical (unpaired) electrons. The third kappa shape index (κ3) is 3.28. The molecular formula is C16H21N3OS. The number of nitriles is 1. The molecule has 4 nitrogen and oxygen atoms in total. The van der Waals surface area contributed by atoms with Crippen LogP contribution in [-0.2, 0) is 17.8 Å². The summed E-state index contributed by atoms with van der Waals surface area (Å²) in [5.41, 5.74) is 1.82. The molecular weight excluding hydrogens is 282 g/mol. The van der Waals surface area contributed by atoms with Gasteiger partial charge in [-0.3, -0.25) is 4.79 Å². The van der Waals surface area contributed by atoms with Crippen molar-refractivity contribution >= 4 is 22.2 Å². The minimum absolute atomic E-state index is 0.0601. The fourth-order valence-electron chi connectivity index (χ4n) is 3.36. The van der Waals surface area contributed by atoms with E-state index in [0.29, 0.717) is 12.0 Å². The van der Waals surface area contributed by atoms with Crippen LogP contribution in [0, 0.1) is 17.2 Å². The molecule has 1 amide bonds. The molecule has 2 heterocycles. The van der Waals surface area contributed by atoms with Crippen LogP contribution in [0.1, 0.15) is 54.5 Å². The van der Waals surface area contributed by atoms with Crippen molar-refractivity contribution < 1.29 is 4.79 Å². The van der Waals surface area contributed by atoms with Crippen molar-refractivity contribution in [3.8, 4) is 6.07 Å². The van der Waals surface area contributed by atoms with Gasteiger partial charge in [0, 0.05) is 17.8 Å². The number of carbonyl (C=O) groups is 1. The van der Waals surface area contributed by atoms with Crippen LogP contribution >= 0.6 is 11.3 Å². The summed E-state index contributed by atoms with van der Waals surface area (Å²) in [5, 5.41) is 16.4. The van der Waals surface area contributed by atoms with Crippen LogP contribution in [0.15, 0.2) is 0 Å². The molecule has 1 aromatic heterocycles. The predicted molar refractivity (Wildman–Crippen MR) is 84.3 cm³/mol. The molecule has 0 saturated heterocycles. The van der Waals surface area contributed by atoms with Crippen LogP contribution < -0.4 is 10.6 Å². The first-order valence-electron chi connectivity index (χ1n) is 7.83. The van der Waals surface area contributed by atoms with Crippen molar-refractivity contribution in [3.05, 3.63) is 16.0 Å². The zero-order chi connectivity index (χ0) is 14.7. The summed E-state index contributed by atoms with van der Waals surface area (Å²) in [6, 6.07) is 2.27. The largest absolute Gasteiger partial charge is 0.317 e. The fraction of sp³-hybridized carbons (Fsp3) is 0.625. The van der Waals surface area contributed by atoms with Gasteiger partial charge >= 0.3 is 0 Å². The number of rotatable bonds is 4. The summed E-state index contributed by atoms with van der Waals surface area (Å²) in [7, 11) is 0. The molecule has 2 N–H and O–H groups in total. The molecule has 0 unspecified atom stereocenters. The lowest BCUT2D eigenvalue weighted by Gasteiger charge is -2.11. The Kier molecular flexibility index (Phi) is 4.57. The van der Waals surface area contributed by atoms with E-state index >= 15 is 0 Å². The normalized spacial score (nSPS) is 18.2. The molecule has 1 aromatic rings. The standard InChI is InChI=1S/C16H21N3OS/c17-9-13-12-7-8-18-10-14(12)21-16(13)19-15(20)6-5-11-3-1-2-4-11/h11,18H,1-8,10H2,(H,19,20). The van der Waals surface area contributed by atoms with E-state index in [-0.39, 0.29) is 5.91 Å². The molecule has 1 aliphatic heterocycles. The van der Waals surface area contributed by atoms with Gasteiger partial charge in [-0.25, -0.2) is 0 Å². The first-order valence-corrected chi connectivity index (χ1v) is 8.64. The van der Waals surface area contributed by atoms with Gasteiger partial charge in [-0.1, -0.05) is 25.7 Å². The second-order valence-electron chi connectivity index (χ2n) is 5.98. The fourth-order valence-corrected chi connectivity index (χ4v) is 4.55. The molecule has 3 rings (SSSR count). The molecule has 1 aliphatic carbocycles. The lowest BCUT2D eigenvalue weighted by molar-refractivity contribution is -0.116. The zero-order valence-electron chi connectivity index (χ0n) is 12.2. The maximum Gasteiger partial charge on any atom is 0.225 e. The predicted octanol–water partition coefficient (Wildman–Crippen LogP) is 3.17. The quantitative estimate of drug-likeness (QED) is 0.898. The number of amides is 1. The summed E-state index contributed by atoms with van der Waals surface area (Å²) < 4.78 is 0. The van der Waals surface area contributed by atoms with Crippen molar-refractivity contribution in [2.45, 2.75) is 51.5 Å². The topological polar surface area (TPSA) is 64.9 Å². The smallest absolute Gasteiger partial charge is 0.225 e. The second-order valence-corrected chi connectivity index (χ2v) is 7.09. The molecule has 1 saturated carbocycles. The SMILES string of the molecule is N#Cc1c(NC(=O)CCC2CCCC2)sc2c1CCNC2. The van der Waals surface area contributed by atoms with Crippen molar-refractivity contribution in [1.29, 1.82) is 5.26 Å². The highest BCUT2D eigenvalue weighted by molar-refractivity contribution is 7.16. The summed E-state index contributed by atoms with van der Waals surface area (Å²) in [5.74, 6) is 0.789. The van der Waals surface area contributed by atoms with E-state index in [4.69, 9.17) is 0 Å². The Bertz CT molecular complexity index is 567. The van der Waals surface area contributed by atoms with E-state index in [2.05, 4.69) is 16.7 Å². The second kappa shape index (κ2) is 6.59. The average molecular weight is 303 g/mol. The number of thiophene rings is 1. The summed E-state index contributed by atoms with van der Waals surface area (Å²) in [6.45, 7) is 1.72. The number of carbonyl (C=O) groups excluding carboxylic acids is 1. The minimum Gasteiger partial charge on any atom is -0.317 e. The summed E-state index contributed by atoms with van der Waals surface area (Å²) >= 11 is 1.56. The van der Waals surface area contributed by atoms with Gasteiger partial charge in [0.05, 0.1) is 5.56 Å². The third-order valence-electron chi connectivity index (χ3n) is 4.55. The Morgan fingerprint density at radius 2 is 2.24 bits per heavy atom. The number of anilines is 1. The lowest BCUT2D eigenvalue weighted by atomic mass is 10.0. The minimum atomic E-state index is 0.0601. The molecule has 0 spiro atoms. The molecule has 112 valence electrons. The van der Waals surface area contributed by atoms with Crippen molar-refractivity contribution in [2.75, 3.05) is 11.9 Å². The van der Waals surface area contributed by atoms with E-state index in [9.17, 15) is 10.1 Å². The molecule has 0 aromatic carbocycles. The van der Waals surface area contributed by atoms with Crippen LogP contribution in [0.4, 0.5) is 5.00 Å². The zero-order valence-corrected chi connectivity index (χ0v) is 13.0. The van der Waals surface area contributed by atoms with E-state index in [1.165, 1.54) is 30.6 Å². The van der Waals surface area contributed by atoms with Crippen molar-refractivity contribution in [1.82, 2.24) is 5.32 Å². The van der Waals surface area contributed by atoms with Crippen molar-refractivity contribution in [3.63, 3.8) is 0 Å². The maximum atomic E-state index is 12.1. The lowest BCUT2D eigenvalue weighted by Crippen LogP contribution is -2.22. The highest BCUT2D eigenvalue weighted by Gasteiger charge is 2.22. The van der Waals surface area contributed by atoms with Gasteiger partial charge in [0.25, 0.3) is 0 Å². The molecule has 0 atom stereocenters. The molecule has 2 aliphatic rings. The van der Waals surface area contributed by atoms with Gasteiger partial charge in [-0.2, -0.15) is 5.26 Å². The Labute approximate surface area is 129 Å². The molecule has 0 bridgehead atoms. The summed E-state index contributed by atoms with van der Waals surface area (Å²) in [4.78, 5) is 13.3. The van der Waals surface area contributed by atoms with Gasteiger partial charge in [0.15, 0.2) is 0 Å². The molecule has 21 heavy (non-hydrogen) atoms. The first-order chi connectivity index (χ1) is 10.3. The maximum absolute atomic E-state index is 12.1. The van der Waals surface area contributed by atoms with E-state index in [1.54, 1.807) is 11.3 Å². The Hall–Kier alpha value is -1.38. The van der Waals surface area contributed by atoms with Crippen LogP contribution in [0.2, 0.25) is 0 Å². The third-order valence-corrected chi connectivity index (χ3v) is 5.69. The first kappa shape index (κ1) is 14.6. The molecule has 1 fully saturated rings. The number of hydrogen-bond acceptors (Lipinski definition) is 4. The highest BCUT2D eigenvalue weighted by atomic mass is 32.1. The monoisotopic (exact) mass is 303 g/mol. The van der Waals surface area contributed by atoms with Crippen LogP contribution in [0.25, 0.3) is 0 Å². The van der Waals surface area contributed by atoms with Gasteiger partial charge in [-0.15, -0.1) is 11.3 Å². The van der Waals surface area contributed by atoms with Gasteiger partial charge in [0.2, 0.25) is 5.91 Å².